The molecular formula is C14H17NO2. The van der Waals surface area contributed by atoms with E-state index in [0.717, 1.165) is 17.1 Å². The molecule has 0 saturated heterocycles. The smallest absolute Gasteiger partial charge is 0.118 e. The number of nitrogens with two attached hydrogens (primary N) is 1. The fraction of sp³-hybridized carbons (Fsp3) is 0.286. The topological polar surface area (TPSA) is 48.4 Å². The van der Waals surface area contributed by atoms with E-state index in [1.54, 1.807) is 0 Å². The Morgan fingerprint density at radius 1 is 1.18 bits per heavy atom. The molecule has 0 amide bonds. The molecule has 2 rings (SSSR count). The first-order valence-corrected chi connectivity index (χ1v) is 5.69. The molecule has 3 nitrogen and oxygen atoms in total. The summed E-state index contributed by atoms with van der Waals surface area (Å²) in [5, 5.41) is 0. The van der Waals surface area contributed by atoms with Crippen molar-refractivity contribution in [3.63, 3.8) is 0 Å². The molecule has 2 N–H and O–H groups in total. The summed E-state index contributed by atoms with van der Waals surface area (Å²) in [6, 6.07) is 12.1. The van der Waals surface area contributed by atoms with Gasteiger partial charge in [-0.05, 0) is 18.6 Å². The Hall–Kier alpha value is -1.58. The number of hydrogen-bond donors (Lipinski definition) is 1. The van der Waals surface area contributed by atoms with Crippen LogP contribution in [-0.4, -0.2) is 0 Å². The monoisotopic (exact) mass is 231 g/mol. The number of furan rings is 1. The lowest BCUT2D eigenvalue weighted by Gasteiger charge is -2.03. The van der Waals surface area contributed by atoms with Gasteiger partial charge in [-0.3, -0.25) is 0 Å². The predicted octanol–water partition coefficient (Wildman–Crippen LogP) is 2.76. The van der Waals surface area contributed by atoms with Gasteiger partial charge in [-0.2, -0.15) is 0 Å². The van der Waals surface area contributed by atoms with Crippen molar-refractivity contribution in [3.05, 3.63) is 59.0 Å². The van der Waals surface area contributed by atoms with E-state index in [2.05, 4.69) is 0 Å². The van der Waals surface area contributed by atoms with Crippen molar-refractivity contribution in [2.75, 3.05) is 0 Å². The van der Waals surface area contributed by atoms with Gasteiger partial charge in [0.25, 0.3) is 0 Å². The van der Waals surface area contributed by atoms with Crippen LogP contribution in [0.2, 0.25) is 0 Å². The maximum atomic E-state index is 5.64. The fourth-order valence-electron chi connectivity index (χ4n) is 1.68. The molecule has 1 heterocycles. The summed E-state index contributed by atoms with van der Waals surface area (Å²) in [6.07, 6.45) is 0. The normalized spacial score (nSPS) is 10.7. The molecule has 0 aliphatic carbocycles. The van der Waals surface area contributed by atoms with Crippen molar-refractivity contribution >= 4 is 0 Å². The Kier molecular flexibility index (Phi) is 3.96. The van der Waals surface area contributed by atoms with Crippen molar-refractivity contribution in [2.24, 2.45) is 5.73 Å². The van der Waals surface area contributed by atoms with Gasteiger partial charge in [0.1, 0.15) is 11.5 Å². The van der Waals surface area contributed by atoms with Gasteiger partial charge >= 0.3 is 0 Å². The number of aryl methyl sites for hydroxylation is 1. The van der Waals surface area contributed by atoms with E-state index in [1.165, 1.54) is 5.56 Å². The van der Waals surface area contributed by atoms with Crippen LogP contribution in [0.15, 0.2) is 40.8 Å². The summed E-state index contributed by atoms with van der Waals surface area (Å²) in [6.45, 7) is 3.54. The van der Waals surface area contributed by atoms with Gasteiger partial charge in [0.2, 0.25) is 0 Å². The molecule has 0 aliphatic rings. The van der Waals surface area contributed by atoms with Crippen LogP contribution in [0.1, 0.15) is 22.6 Å². The second kappa shape index (κ2) is 5.66. The van der Waals surface area contributed by atoms with Crippen LogP contribution in [0.25, 0.3) is 0 Å². The number of hydrogen-bond acceptors (Lipinski definition) is 3. The molecule has 0 atom stereocenters. The molecule has 1 aromatic carbocycles. The first-order chi connectivity index (χ1) is 8.29. The summed E-state index contributed by atoms with van der Waals surface area (Å²) in [7, 11) is 0. The summed E-state index contributed by atoms with van der Waals surface area (Å²) in [5.74, 6) is 1.69. The lowest BCUT2D eigenvalue weighted by Crippen LogP contribution is -1.94. The van der Waals surface area contributed by atoms with E-state index < -0.39 is 0 Å². The molecule has 0 fully saturated rings. The van der Waals surface area contributed by atoms with Crippen LogP contribution in [-0.2, 0) is 24.5 Å². The van der Waals surface area contributed by atoms with Gasteiger partial charge in [0, 0.05) is 5.56 Å². The second-order valence-corrected chi connectivity index (χ2v) is 3.98. The third-order valence-corrected chi connectivity index (χ3v) is 2.64. The molecule has 0 radical (unpaired) electrons. The van der Waals surface area contributed by atoms with E-state index in [0.29, 0.717) is 19.8 Å². The van der Waals surface area contributed by atoms with Crippen LogP contribution < -0.4 is 5.73 Å². The Balaban J connectivity index is 1.88. The number of rotatable bonds is 5. The minimum Gasteiger partial charge on any atom is -0.465 e. The molecular weight excluding hydrogens is 214 g/mol. The molecule has 0 saturated carbocycles. The van der Waals surface area contributed by atoms with Gasteiger partial charge in [-0.1, -0.05) is 30.3 Å². The average molecular weight is 231 g/mol. The van der Waals surface area contributed by atoms with E-state index in [4.69, 9.17) is 14.9 Å². The molecule has 0 spiro atoms. The van der Waals surface area contributed by atoms with Gasteiger partial charge in [-0.25, -0.2) is 0 Å². The van der Waals surface area contributed by atoms with Gasteiger partial charge in [-0.15, -0.1) is 0 Å². The zero-order valence-corrected chi connectivity index (χ0v) is 9.98. The van der Waals surface area contributed by atoms with E-state index in [1.807, 2.05) is 43.3 Å². The highest BCUT2D eigenvalue weighted by Gasteiger charge is 2.06. The zero-order valence-electron chi connectivity index (χ0n) is 9.98. The molecule has 2 aromatic rings. The van der Waals surface area contributed by atoms with E-state index in [9.17, 15) is 0 Å². The van der Waals surface area contributed by atoms with Crippen LogP contribution in [0, 0.1) is 6.92 Å². The summed E-state index contributed by atoms with van der Waals surface area (Å²) in [5.41, 5.74) is 7.76. The molecule has 17 heavy (non-hydrogen) atoms. The van der Waals surface area contributed by atoms with Crippen molar-refractivity contribution in [1.29, 1.82) is 0 Å². The Morgan fingerprint density at radius 3 is 2.59 bits per heavy atom. The average Bonchev–Trinajstić information content (AvgIpc) is 2.72. The lowest BCUT2D eigenvalue weighted by molar-refractivity contribution is 0.106. The minimum atomic E-state index is 0.430. The van der Waals surface area contributed by atoms with Crippen LogP contribution >= 0.6 is 0 Å². The van der Waals surface area contributed by atoms with E-state index in [-0.39, 0.29) is 0 Å². The van der Waals surface area contributed by atoms with Crippen LogP contribution in [0.3, 0.4) is 0 Å². The summed E-state index contributed by atoms with van der Waals surface area (Å²) >= 11 is 0. The molecule has 1 aromatic heterocycles. The quantitative estimate of drug-likeness (QED) is 0.860. The molecule has 0 aliphatic heterocycles. The SMILES string of the molecule is Cc1oc(CN)cc1COCc1ccccc1. The highest BCUT2D eigenvalue weighted by Crippen LogP contribution is 2.15. The first kappa shape index (κ1) is 11.9. The highest BCUT2D eigenvalue weighted by molar-refractivity contribution is 5.20. The minimum absolute atomic E-state index is 0.430. The van der Waals surface area contributed by atoms with Gasteiger partial charge < -0.3 is 14.9 Å². The summed E-state index contributed by atoms with van der Waals surface area (Å²) < 4.78 is 11.1. The third kappa shape index (κ3) is 3.19. The number of ether oxygens (including phenoxy) is 1. The standard InChI is InChI=1S/C14H17NO2/c1-11-13(7-14(8-15)17-11)10-16-9-12-5-3-2-4-6-12/h2-7H,8-10,15H2,1H3. The maximum Gasteiger partial charge on any atom is 0.118 e. The molecule has 0 bridgehead atoms. The van der Waals surface area contributed by atoms with Crippen LogP contribution in [0.5, 0.6) is 0 Å². The molecule has 90 valence electrons. The third-order valence-electron chi connectivity index (χ3n) is 2.64. The van der Waals surface area contributed by atoms with Gasteiger partial charge in [0.05, 0.1) is 19.8 Å². The van der Waals surface area contributed by atoms with Crippen molar-refractivity contribution in [2.45, 2.75) is 26.7 Å². The summed E-state index contributed by atoms with van der Waals surface area (Å²) in [4.78, 5) is 0. The van der Waals surface area contributed by atoms with Crippen LogP contribution in [0.4, 0.5) is 0 Å². The zero-order chi connectivity index (χ0) is 12.1. The predicted molar refractivity (Wildman–Crippen MR) is 66.3 cm³/mol. The van der Waals surface area contributed by atoms with Crippen molar-refractivity contribution in [1.82, 2.24) is 0 Å². The Labute approximate surface area is 101 Å². The van der Waals surface area contributed by atoms with Crippen molar-refractivity contribution < 1.29 is 9.15 Å². The maximum absolute atomic E-state index is 5.64. The first-order valence-electron chi connectivity index (χ1n) is 5.69. The Bertz CT molecular complexity index is 462. The number of benzene rings is 1. The second-order valence-electron chi connectivity index (χ2n) is 3.98. The molecule has 3 heteroatoms. The Morgan fingerprint density at radius 2 is 1.94 bits per heavy atom. The lowest BCUT2D eigenvalue weighted by atomic mass is 10.2. The fourth-order valence-corrected chi connectivity index (χ4v) is 1.68. The highest BCUT2D eigenvalue weighted by atomic mass is 16.5. The largest absolute Gasteiger partial charge is 0.465 e. The molecule has 0 unspecified atom stereocenters. The van der Waals surface area contributed by atoms with E-state index >= 15 is 0 Å². The van der Waals surface area contributed by atoms with Crippen molar-refractivity contribution in [3.8, 4) is 0 Å². The van der Waals surface area contributed by atoms with Gasteiger partial charge in [0.15, 0.2) is 0 Å².